The molecule has 0 bridgehead atoms. The third kappa shape index (κ3) is 1.81. The number of nitrogens with two attached hydrogens (primary N) is 1. The van der Waals surface area contributed by atoms with Crippen molar-refractivity contribution in [2.45, 2.75) is 13.8 Å². The van der Waals surface area contributed by atoms with Crippen molar-refractivity contribution in [2.75, 3.05) is 24.3 Å². The maximum absolute atomic E-state index is 13.7. The van der Waals surface area contributed by atoms with Crippen LogP contribution >= 0.6 is 0 Å². The zero-order chi connectivity index (χ0) is 12.8. The lowest BCUT2D eigenvalue weighted by Crippen LogP contribution is -2.39. The molecule has 1 aromatic carbocycles. The summed E-state index contributed by atoms with van der Waals surface area (Å²) < 4.78 is 19.1. The molecule has 0 atom stereocenters. The van der Waals surface area contributed by atoms with Gasteiger partial charge in [0, 0.05) is 18.8 Å². The molecule has 0 saturated carbocycles. The van der Waals surface area contributed by atoms with Crippen molar-refractivity contribution in [2.24, 2.45) is 5.41 Å². The molecule has 0 aromatic heterocycles. The van der Waals surface area contributed by atoms with E-state index in [-0.39, 0.29) is 24.0 Å². The Morgan fingerprint density at radius 2 is 2.12 bits per heavy atom. The van der Waals surface area contributed by atoms with Crippen LogP contribution in [0.25, 0.3) is 0 Å². The van der Waals surface area contributed by atoms with Gasteiger partial charge in [-0.2, -0.15) is 0 Å². The zero-order valence-corrected chi connectivity index (χ0v) is 10.1. The van der Waals surface area contributed by atoms with Gasteiger partial charge >= 0.3 is 0 Å². The van der Waals surface area contributed by atoms with Crippen LogP contribution in [0.3, 0.4) is 0 Å². The van der Waals surface area contributed by atoms with Gasteiger partial charge in [0.15, 0.2) is 11.6 Å². The average molecular weight is 238 g/mol. The lowest BCUT2D eigenvalue weighted by Gasteiger charge is -2.24. The van der Waals surface area contributed by atoms with Crippen LogP contribution in [0.1, 0.15) is 13.8 Å². The third-order valence-corrected chi connectivity index (χ3v) is 2.87. The number of hydrogen-bond acceptors (Lipinski definition) is 3. The first-order valence-electron chi connectivity index (χ1n) is 5.33. The fraction of sp³-hybridized carbons (Fsp3) is 0.417. The molecule has 0 fully saturated rings. The largest absolute Gasteiger partial charge is 0.487 e. The molecule has 1 heterocycles. The molecule has 4 nitrogen and oxygen atoms in total. The second-order valence-electron chi connectivity index (χ2n) is 4.89. The molecule has 2 rings (SSSR count). The highest BCUT2D eigenvalue weighted by molar-refractivity contribution is 5.99. The summed E-state index contributed by atoms with van der Waals surface area (Å²) in [6, 6.07) is 2.73. The molecule has 0 radical (unpaired) electrons. The Morgan fingerprint density at radius 1 is 1.47 bits per heavy atom. The highest BCUT2D eigenvalue weighted by Crippen LogP contribution is 2.38. The van der Waals surface area contributed by atoms with Gasteiger partial charge in [-0.25, -0.2) is 4.39 Å². The van der Waals surface area contributed by atoms with Crippen molar-refractivity contribution in [1.29, 1.82) is 0 Å². The summed E-state index contributed by atoms with van der Waals surface area (Å²) in [6.45, 7) is 3.67. The van der Waals surface area contributed by atoms with Gasteiger partial charge in [-0.3, -0.25) is 4.79 Å². The molecule has 0 aliphatic carbocycles. The van der Waals surface area contributed by atoms with E-state index in [0.29, 0.717) is 5.69 Å². The Morgan fingerprint density at radius 3 is 2.76 bits per heavy atom. The van der Waals surface area contributed by atoms with E-state index in [2.05, 4.69) is 0 Å². The molecule has 5 heteroatoms. The summed E-state index contributed by atoms with van der Waals surface area (Å²) in [5.74, 6) is -0.584. The molecule has 0 saturated heterocycles. The lowest BCUT2D eigenvalue weighted by atomic mass is 9.93. The number of fused-ring (bicyclic) bond motifs is 1. The number of amides is 1. The van der Waals surface area contributed by atoms with E-state index in [1.54, 1.807) is 20.9 Å². The predicted molar refractivity (Wildman–Crippen MR) is 63.5 cm³/mol. The van der Waals surface area contributed by atoms with Gasteiger partial charge in [0.2, 0.25) is 5.91 Å². The summed E-state index contributed by atoms with van der Waals surface area (Å²) in [7, 11) is 1.59. The van der Waals surface area contributed by atoms with Gasteiger partial charge < -0.3 is 15.4 Å². The first-order chi connectivity index (χ1) is 7.83. The van der Waals surface area contributed by atoms with Crippen LogP contribution in [0.5, 0.6) is 5.75 Å². The zero-order valence-electron chi connectivity index (χ0n) is 10.1. The number of rotatable bonds is 0. The summed E-state index contributed by atoms with van der Waals surface area (Å²) in [6.07, 6.45) is 0. The molecule has 1 aliphatic rings. The van der Waals surface area contributed by atoms with Crippen molar-refractivity contribution < 1.29 is 13.9 Å². The second-order valence-corrected chi connectivity index (χ2v) is 4.89. The van der Waals surface area contributed by atoms with E-state index in [0.717, 1.165) is 0 Å². The number of carbonyl (C=O) groups is 1. The molecule has 17 heavy (non-hydrogen) atoms. The maximum Gasteiger partial charge on any atom is 0.235 e. The highest BCUT2D eigenvalue weighted by Gasteiger charge is 2.37. The lowest BCUT2D eigenvalue weighted by molar-refractivity contribution is -0.127. The number of carbonyl (C=O) groups excluding carboxylic acids is 1. The first kappa shape index (κ1) is 11.7. The minimum Gasteiger partial charge on any atom is -0.487 e. The van der Waals surface area contributed by atoms with Crippen LogP contribution in [-0.2, 0) is 4.79 Å². The average Bonchev–Trinajstić information content (AvgIpc) is 2.31. The predicted octanol–water partition coefficient (Wildman–Crippen LogP) is 1.79. The second kappa shape index (κ2) is 3.61. The molecular formula is C12H15FN2O2. The van der Waals surface area contributed by atoms with Crippen LogP contribution in [0.15, 0.2) is 12.1 Å². The molecular weight excluding hydrogens is 223 g/mol. The van der Waals surface area contributed by atoms with Gasteiger partial charge in [-0.15, -0.1) is 0 Å². The van der Waals surface area contributed by atoms with Crippen LogP contribution in [0.4, 0.5) is 15.8 Å². The van der Waals surface area contributed by atoms with Gasteiger partial charge in [-0.05, 0) is 19.9 Å². The molecule has 1 amide bonds. The number of anilines is 2. The van der Waals surface area contributed by atoms with E-state index in [4.69, 9.17) is 10.5 Å². The number of nitrogen functional groups attached to an aromatic ring is 1. The van der Waals surface area contributed by atoms with E-state index in [1.165, 1.54) is 17.0 Å². The van der Waals surface area contributed by atoms with Crippen LogP contribution < -0.4 is 15.4 Å². The highest BCUT2D eigenvalue weighted by atomic mass is 19.1. The van der Waals surface area contributed by atoms with E-state index in [1.807, 2.05) is 0 Å². The number of ether oxygens (including phenoxy) is 1. The number of hydrogen-bond donors (Lipinski definition) is 1. The quantitative estimate of drug-likeness (QED) is 0.701. The Hall–Kier alpha value is -1.78. The van der Waals surface area contributed by atoms with Crippen LogP contribution in [0, 0.1) is 11.2 Å². The SMILES string of the molecule is CN1C(=O)C(C)(C)COc2c(F)cc(N)cc21. The van der Waals surface area contributed by atoms with Gasteiger partial charge in [0.1, 0.15) is 6.61 Å². The van der Waals surface area contributed by atoms with Gasteiger partial charge in [-0.1, -0.05) is 0 Å². The van der Waals surface area contributed by atoms with E-state index >= 15 is 0 Å². The maximum atomic E-state index is 13.7. The smallest absolute Gasteiger partial charge is 0.235 e. The van der Waals surface area contributed by atoms with Crippen molar-refractivity contribution in [3.8, 4) is 5.75 Å². The molecule has 0 spiro atoms. The topological polar surface area (TPSA) is 55.6 Å². The Labute approximate surface area is 99.2 Å². The van der Waals surface area contributed by atoms with E-state index < -0.39 is 11.2 Å². The fourth-order valence-corrected chi connectivity index (χ4v) is 1.87. The normalized spacial score (nSPS) is 18.4. The minimum atomic E-state index is -0.686. The molecule has 92 valence electrons. The van der Waals surface area contributed by atoms with E-state index in [9.17, 15) is 9.18 Å². The van der Waals surface area contributed by atoms with Crippen LogP contribution in [-0.4, -0.2) is 19.6 Å². The summed E-state index contributed by atoms with van der Waals surface area (Å²) in [4.78, 5) is 13.5. The Bertz CT molecular complexity index is 486. The minimum absolute atomic E-state index is 0.0839. The Balaban J connectivity index is 2.59. The van der Waals surface area contributed by atoms with Crippen molar-refractivity contribution in [3.05, 3.63) is 17.9 Å². The Kier molecular flexibility index (Phi) is 2.49. The summed E-state index contributed by atoms with van der Waals surface area (Å²) in [5.41, 5.74) is 5.53. The van der Waals surface area contributed by atoms with Crippen molar-refractivity contribution in [3.63, 3.8) is 0 Å². The fourth-order valence-electron chi connectivity index (χ4n) is 1.87. The summed E-state index contributed by atoms with van der Waals surface area (Å²) >= 11 is 0. The van der Waals surface area contributed by atoms with Crippen molar-refractivity contribution >= 4 is 17.3 Å². The van der Waals surface area contributed by atoms with Gasteiger partial charge in [0.05, 0.1) is 11.1 Å². The standard InChI is InChI=1S/C12H15FN2O2/c1-12(2)6-17-10-8(13)4-7(14)5-9(10)15(3)11(12)16/h4-5H,6,14H2,1-3H3. The number of halogens is 1. The summed E-state index contributed by atoms with van der Waals surface area (Å²) in [5, 5.41) is 0. The monoisotopic (exact) mass is 238 g/mol. The molecule has 0 unspecified atom stereocenters. The third-order valence-electron chi connectivity index (χ3n) is 2.87. The molecule has 2 N–H and O–H groups in total. The first-order valence-corrected chi connectivity index (χ1v) is 5.33. The van der Waals surface area contributed by atoms with Gasteiger partial charge in [0.25, 0.3) is 0 Å². The van der Waals surface area contributed by atoms with Crippen molar-refractivity contribution in [1.82, 2.24) is 0 Å². The molecule has 1 aromatic rings. The molecule has 1 aliphatic heterocycles. The number of benzene rings is 1. The number of nitrogens with zero attached hydrogens (tertiary/aromatic N) is 1. The van der Waals surface area contributed by atoms with Crippen LogP contribution in [0.2, 0.25) is 0 Å².